The number of alkyl carbamates (subject to hydrolysis) is 2. The molecule has 1 aromatic heterocycles. The number of aliphatic hydroxyl groups is 2. The van der Waals surface area contributed by atoms with Gasteiger partial charge in [-0.1, -0.05) is 173 Å². The average Bonchev–Trinajstić information content (AvgIpc) is 1.57. The number of hydrogen-bond acceptors (Lipinski definition) is 26. The van der Waals surface area contributed by atoms with E-state index in [2.05, 4.69) is 49.0 Å². The van der Waals surface area contributed by atoms with Crippen LogP contribution in [-0.2, 0) is 79.6 Å². The van der Waals surface area contributed by atoms with Gasteiger partial charge in [-0.3, -0.25) is 39.4 Å². The molecule has 6 aliphatic rings. The van der Waals surface area contributed by atoms with Gasteiger partial charge in [0.25, 0.3) is 0 Å². The number of pyridine rings is 1. The first kappa shape index (κ1) is 116. The van der Waals surface area contributed by atoms with E-state index >= 15 is 0 Å². The summed E-state index contributed by atoms with van der Waals surface area (Å²) >= 11 is 17.8. The molecular weight excluding hydrogens is 1800 g/mol. The van der Waals surface area contributed by atoms with Gasteiger partial charge in [-0.2, -0.15) is 12.6 Å². The Kier molecular flexibility index (Phi) is 46.7. The zero-order valence-electron chi connectivity index (χ0n) is 77.4. The maximum absolute atomic E-state index is 14.3. The minimum atomic E-state index is -1.81. The Hall–Kier alpha value is -6.66. The van der Waals surface area contributed by atoms with Gasteiger partial charge in [-0.05, 0) is 157 Å². The normalized spacial score (nSPS) is 28.2. The second-order valence-corrected chi connectivity index (χ2v) is 42.5. The number of methoxy groups -OCH3 is 4. The molecular formula is C96H145Cl2N7O20S5. The third-order valence-electron chi connectivity index (χ3n) is 24.8. The van der Waals surface area contributed by atoms with Crippen LogP contribution in [0.15, 0.2) is 101 Å². The Labute approximate surface area is 803 Å². The number of hydrogen-bond donors (Lipinski definition) is 5. The molecule has 2 aromatic carbocycles. The van der Waals surface area contributed by atoms with Crippen molar-refractivity contribution >= 4 is 149 Å². The van der Waals surface area contributed by atoms with Crippen LogP contribution in [0.25, 0.3) is 0 Å². The number of aromatic nitrogens is 1. The van der Waals surface area contributed by atoms with Gasteiger partial charge >= 0.3 is 12.2 Å². The number of rotatable bonds is 30. The topological polar surface area (TPSA) is 342 Å². The van der Waals surface area contributed by atoms with Crippen LogP contribution in [0.1, 0.15) is 220 Å². The number of amides is 6. The summed E-state index contributed by atoms with van der Waals surface area (Å²) in [5.74, 6) is -2.38. The van der Waals surface area contributed by atoms with Crippen LogP contribution in [0.4, 0.5) is 21.0 Å². The number of nitrogens with one attached hydrogen (secondary N) is 2. The SMILES string of the molecule is C.C.C.CC(=O)CCC(C)S.COc1cc2cc(c1Cl)N(C)C(=O)C[C@H](CC(=O)[C@H](C)N(C)C(=O)CCC(C)SSC(C)CCC(C)=O)[C@]1(C)O[C@H]1[C@H](C)[C@@H]1C[C@@](O)(NC(=O)O1)[C@H](OC)/C=C/C=C(\C)C2.COc1cc2cc(c1Cl)N(C)C(=O)C[C@H](CC(=O)[C@H](C)N(C)C(=O)CCC(C)SSc1ccccn1)[C@]1(C)O[C@H]1[C@H](C)[C@@H]1C[C@@](O)(NC(=O)O1)[C@H](OC)/C=C/C=C(\C)C2. The van der Waals surface area contributed by atoms with E-state index in [0.29, 0.717) is 71.9 Å². The van der Waals surface area contributed by atoms with E-state index in [1.54, 1.807) is 130 Å². The Bertz CT molecular complexity index is 4470. The average molecular weight is 1950 g/mol. The summed E-state index contributed by atoms with van der Waals surface area (Å²) in [7, 11) is 19.1. The number of fused-ring (bicyclic) bond motifs is 10. The molecule has 7 heterocycles. The number of ether oxygens (including phenoxy) is 8. The Morgan fingerprint density at radius 3 is 1.32 bits per heavy atom. The highest BCUT2D eigenvalue weighted by Gasteiger charge is 2.65. The van der Waals surface area contributed by atoms with E-state index in [0.717, 1.165) is 40.1 Å². The lowest BCUT2D eigenvalue weighted by Crippen LogP contribution is -2.63. The molecule has 9 rings (SSSR count). The van der Waals surface area contributed by atoms with Crippen molar-refractivity contribution in [2.24, 2.45) is 23.7 Å². The maximum Gasteiger partial charge on any atom is 0.409 e. The Morgan fingerprint density at radius 2 is 0.977 bits per heavy atom. The van der Waals surface area contributed by atoms with Crippen LogP contribution in [0.2, 0.25) is 10.0 Å². The highest BCUT2D eigenvalue weighted by molar-refractivity contribution is 8.77. The number of benzene rings is 2. The van der Waals surface area contributed by atoms with Gasteiger partial charge in [0.1, 0.15) is 62.6 Å². The number of epoxide rings is 2. The molecule has 6 aliphatic heterocycles. The lowest BCUT2D eigenvalue weighted by Gasteiger charge is -2.42. The summed E-state index contributed by atoms with van der Waals surface area (Å²) in [5.41, 5.74) is -1.18. The minimum absolute atomic E-state index is 0. The van der Waals surface area contributed by atoms with E-state index in [-0.39, 0.29) is 141 Å². The molecule has 0 saturated carbocycles. The first-order valence-electron chi connectivity index (χ1n) is 43.2. The first-order valence-corrected chi connectivity index (χ1v) is 49.0. The fourth-order valence-electron chi connectivity index (χ4n) is 16.1. The van der Waals surface area contributed by atoms with Crippen LogP contribution in [-0.4, -0.2) is 233 Å². The standard InChI is InChI=1S/C44H64ClN3O10S2.C43H57ClN4O9S2.C6H12OS.3CH4/c1-25-13-12-14-37(56-11)44(54)24-36(57-42(53)46-44)29(5)41-43(7,58-41)32(23-39(52)48(9)33-20-31(19-25)21-35(55-10)40(33)45)22-34(50)30(6)47(8)38(51)18-17-28(4)60-59-27(3)16-15-26(2)49;1-25-13-12-14-35(55-9)43(53)24-34(56-41(52)46-43)27(3)40-42(5,57-40)30(23-38(51)48(7)31-20-29(19-25)21-33(54-8)39(31)44)22-32(49)28(4)47(6)37(50)17-16-26(2)58-59-36-15-10-11-18-45-36;1-5(7)3-4-6(2)8;;;/h12-14,20-21,27-30,32,36-37,41,54H,15-19,22-24H2,1-11H3,(H,46,53);10-15,18,20-21,26-28,30,34-35,40,53H,16-17,19,22-24H2,1-9H3,(H,46,52);6,8H,3-4H2,1-2H3;3*1H4/b2*14-12+,25-13+;;;;/t27?,28?,29-,30+,32+,36+,37-,41+,43+,44+;26?,27-,28+,30+,34+,35-,40+,42+,43+;;;;/m11..../s1. The third-order valence-corrected chi connectivity index (χ3v) is 32.2. The Balaban J connectivity index is 0.000000491. The second kappa shape index (κ2) is 52.4. The van der Waals surface area contributed by atoms with Gasteiger partial charge in [0.05, 0.1) is 61.1 Å². The minimum Gasteiger partial charge on any atom is -0.495 e. The van der Waals surface area contributed by atoms with Crippen molar-refractivity contribution in [3.63, 3.8) is 0 Å². The third kappa shape index (κ3) is 32.3. The monoisotopic (exact) mass is 1950 g/mol. The van der Waals surface area contributed by atoms with E-state index in [9.17, 15) is 58.2 Å². The molecule has 27 nitrogen and oxygen atoms in total. The molecule has 6 amide bonds. The van der Waals surface area contributed by atoms with E-state index < -0.39 is 107 Å². The number of thiol groups is 1. The predicted molar refractivity (Wildman–Crippen MR) is 527 cm³/mol. The van der Waals surface area contributed by atoms with Gasteiger partial charge in [0.15, 0.2) is 23.0 Å². The molecule has 4 fully saturated rings. The molecule has 728 valence electrons. The molecule has 4 N–H and O–H groups in total. The van der Waals surface area contributed by atoms with Crippen molar-refractivity contribution in [3.05, 3.63) is 117 Å². The van der Waals surface area contributed by atoms with Crippen LogP contribution in [0.5, 0.6) is 11.5 Å². The van der Waals surface area contributed by atoms with Crippen molar-refractivity contribution in [1.82, 2.24) is 25.4 Å². The van der Waals surface area contributed by atoms with Crippen molar-refractivity contribution in [2.75, 3.05) is 66.4 Å². The van der Waals surface area contributed by atoms with Crippen LogP contribution < -0.4 is 29.9 Å². The van der Waals surface area contributed by atoms with Crippen LogP contribution in [0, 0.1) is 23.7 Å². The lowest BCUT2D eigenvalue weighted by atomic mass is 9.77. The molecule has 34 heteroatoms. The highest BCUT2D eigenvalue weighted by atomic mass is 35.5. The smallest absolute Gasteiger partial charge is 0.409 e. The fourth-order valence-corrected chi connectivity index (χ4v) is 21.4. The zero-order valence-corrected chi connectivity index (χ0v) is 83.1. The van der Waals surface area contributed by atoms with Gasteiger partial charge < -0.3 is 77.3 Å². The lowest BCUT2D eigenvalue weighted by molar-refractivity contribution is -0.142. The molecule has 0 radical (unpaired) electrons. The summed E-state index contributed by atoms with van der Waals surface area (Å²) in [6, 6.07) is 11.5. The fraction of sp³-hybridized carbons (Fsp3) is 0.635. The summed E-state index contributed by atoms with van der Waals surface area (Å²) in [5, 5.41) is 31.2. The zero-order chi connectivity index (χ0) is 94.5. The molecule has 4 unspecified atom stereocenters. The van der Waals surface area contributed by atoms with E-state index in [4.69, 9.17) is 61.1 Å². The van der Waals surface area contributed by atoms with Crippen molar-refractivity contribution in [1.29, 1.82) is 0 Å². The molecule has 0 aliphatic carbocycles. The summed E-state index contributed by atoms with van der Waals surface area (Å²) < 4.78 is 46.9. The molecule has 20 atom stereocenters. The van der Waals surface area contributed by atoms with Gasteiger partial charge in [0, 0.05) is 152 Å². The number of carbonyl (C=O) groups is 10. The van der Waals surface area contributed by atoms with Crippen molar-refractivity contribution in [3.8, 4) is 11.5 Å². The first-order chi connectivity index (χ1) is 59.7. The van der Waals surface area contributed by atoms with Crippen molar-refractivity contribution in [2.45, 2.75) is 319 Å². The Morgan fingerprint density at radius 1 is 0.600 bits per heavy atom. The van der Waals surface area contributed by atoms with Gasteiger partial charge in [-0.25, -0.2) is 14.6 Å². The van der Waals surface area contributed by atoms with Gasteiger partial charge in [-0.15, -0.1) is 0 Å². The number of halogens is 2. The summed E-state index contributed by atoms with van der Waals surface area (Å²) in [6.07, 6.45) is 11.5. The van der Waals surface area contributed by atoms with E-state index in [1.807, 2.05) is 103 Å². The largest absolute Gasteiger partial charge is 0.495 e. The van der Waals surface area contributed by atoms with Crippen LogP contribution in [0.3, 0.4) is 0 Å². The number of nitrogens with zero attached hydrogens (tertiary/aromatic N) is 5. The highest BCUT2D eigenvalue weighted by Crippen LogP contribution is 2.54. The molecule has 4 saturated heterocycles. The van der Waals surface area contributed by atoms with Crippen LogP contribution >= 0.6 is 79.0 Å². The molecule has 0 spiro atoms. The van der Waals surface area contributed by atoms with Crippen molar-refractivity contribution < 1.29 is 96.1 Å². The predicted octanol–water partition coefficient (Wildman–Crippen LogP) is 18.3. The van der Waals surface area contributed by atoms with E-state index in [1.165, 1.54) is 48.0 Å². The number of ketones is 4. The maximum atomic E-state index is 14.3. The number of allylic oxidation sites excluding steroid dienone is 6. The number of anilines is 2. The summed E-state index contributed by atoms with van der Waals surface area (Å²) in [6.45, 7) is 26.1. The molecule has 8 bridgehead atoms. The second-order valence-electron chi connectivity index (χ2n) is 35.1. The molecule has 130 heavy (non-hydrogen) atoms. The van der Waals surface area contributed by atoms with Gasteiger partial charge in [0.2, 0.25) is 23.6 Å². The number of likely N-dealkylation sites (N-methyl/N-ethyl adjacent to an activating group) is 2. The number of Topliss-reactive ketones (excluding diaryl/α,β-unsaturated/α-hetero) is 4. The molecule has 3 aromatic rings. The number of carbonyl (C=O) groups excluding carboxylic acids is 10. The quantitative estimate of drug-likeness (QED) is 0.0235. The summed E-state index contributed by atoms with van der Waals surface area (Å²) in [4.78, 5) is 142.